The predicted molar refractivity (Wildman–Crippen MR) is 62.0 cm³/mol. The van der Waals surface area contributed by atoms with Crippen LogP contribution in [0.15, 0.2) is 18.2 Å². The summed E-state index contributed by atoms with van der Waals surface area (Å²) in [6.07, 6.45) is 2.76. The summed E-state index contributed by atoms with van der Waals surface area (Å²) >= 11 is 0. The lowest BCUT2D eigenvalue weighted by Gasteiger charge is -2.10. The lowest BCUT2D eigenvalue weighted by atomic mass is 9.95. The van der Waals surface area contributed by atoms with E-state index in [0.717, 1.165) is 18.5 Å². The number of carbonyl (C=O) groups is 1. The normalized spacial score (nSPS) is 10.7. The van der Waals surface area contributed by atoms with Crippen molar-refractivity contribution in [3.05, 3.63) is 29.6 Å². The molecule has 0 saturated heterocycles. The van der Waals surface area contributed by atoms with Crippen molar-refractivity contribution in [2.24, 2.45) is 5.92 Å². The number of pyridine rings is 1. The molecule has 82 valence electrons. The van der Waals surface area contributed by atoms with E-state index in [2.05, 4.69) is 18.8 Å². The number of hydrogen-bond donors (Lipinski definition) is 0. The summed E-state index contributed by atoms with van der Waals surface area (Å²) in [7, 11) is 0. The number of ketones is 1. The van der Waals surface area contributed by atoms with Crippen molar-refractivity contribution in [2.75, 3.05) is 0 Å². The summed E-state index contributed by atoms with van der Waals surface area (Å²) in [5.41, 5.74) is 1.52. The van der Waals surface area contributed by atoms with Crippen LogP contribution >= 0.6 is 0 Å². The Morgan fingerprint density at radius 2 is 2.00 bits per heavy atom. The first kappa shape index (κ1) is 11.9. The van der Waals surface area contributed by atoms with Gasteiger partial charge in [0, 0.05) is 12.1 Å². The summed E-state index contributed by atoms with van der Waals surface area (Å²) in [6.45, 7) is 6.17. The topological polar surface area (TPSA) is 30.0 Å². The zero-order chi connectivity index (χ0) is 11.3. The molecule has 0 bridgehead atoms. The Bertz CT molecular complexity index is 329. The molecule has 0 aliphatic carbocycles. The SMILES string of the molecule is CCC(CC)CC(=O)c1cccc(C)n1. The van der Waals surface area contributed by atoms with Crippen LogP contribution in [0.25, 0.3) is 0 Å². The molecular formula is C13H19NO. The standard InChI is InChI=1S/C13H19NO/c1-4-11(5-2)9-13(15)12-8-6-7-10(3)14-12/h6-8,11H,4-5,9H2,1-3H3. The van der Waals surface area contributed by atoms with Gasteiger partial charge in [-0.1, -0.05) is 32.8 Å². The third kappa shape index (κ3) is 3.46. The second-order valence-electron chi connectivity index (χ2n) is 3.97. The van der Waals surface area contributed by atoms with Crippen LogP contribution in [0.1, 0.15) is 49.3 Å². The van der Waals surface area contributed by atoms with Crippen molar-refractivity contribution in [1.29, 1.82) is 0 Å². The molecule has 1 rings (SSSR count). The molecule has 0 amide bonds. The minimum absolute atomic E-state index is 0.174. The first-order chi connectivity index (χ1) is 7.17. The Balaban J connectivity index is 2.68. The molecule has 0 unspecified atom stereocenters. The van der Waals surface area contributed by atoms with Crippen molar-refractivity contribution in [3.8, 4) is 0 Å². The molecule has 1 aromatic rings. The maximum atomic E-state index is 11.9. The summed E-state index contributed by atoms with van der Waals surface area (Å²) in [5, 5.41) is 0. The summed E-state index contributed by atoms with van der Waals surface area (Å²) in [4.78, 5) is 16.1. The second kappa shape index (κ2) is 5.64. The smallest absolute Gasteiger partial charge is 0.181 e. The number of carbonyl (C=O) groups excluding carboxylic acids is 1. The quantitative estimate of drug-likeness (QED) is 0.689. The van der Waals surface area contributed by atoms with Crippen LogP contribution in [0.3, 0.4) is 0 Å². The molecule has 0 fully saturated rings. The van der Waals surface area contributed by atoms with E-state index in [9.17, 15) is 4.79 Å². The summed E-state index contributed by atoms with van der Waals surface area (Å²) < 4.78 is 0. The van der Waals surface area contributed by atoms with Gasteiger partial charge in [-0.3, -0.25) is 9.78 Å². The molecule has 1 heterocycles. The zero-order valence-corrected chi connectivity index (χ0v) is 9.79. The lowest BCUT2D eigenvalue weighted by Crippen LogP contribution is -2.09. The van der Waals surface area contributed by atoms with Crippen LogP contribution in [0.2, 0.25) is 0 Å². The van der Waals surface area contributed by atoms with E-state index in [-0.39, 0.29) is 5.78 Å². The van der Waals surface area contributed by atoms with E-state index in [1.807, 2.05) is 19.1 Å². The van der Waals surface area contributed by atoms with E-state index >= 15 is 0 Å². The number of nitrogens with zero attached hydrogens (tertiary/aromatic N) is 1. The molecule has 0 aliphatic heterocycles. The van der Waals surface area contributed by atoms with Crippen molar-refractivity contribution in [1.82, 2.24) is 4.98 Å². The molecular weight excluding hydrogens is 186 g/mol. The van der Waals surface area contributed by atoms with Crippen molar-refractivity contribution >= 4 is 5.78 Å². The Morgan fingerprint density at radius 1 is 1.33 bits per heavy atom. The van der Waals surface area contributed by atoms with E-state index in [1.54, 1.807) is 6.07 Å². The summed E-state index contributed by atoms with van der Waals surface area (Å²) in [5.74, 6) is 0.673. The lowest BCUT2D eigenvalue weighted by molar-refractivity contribution is 0.0953. The van der Waals surface area contributed by atoms with Gasteiger partial charge in [-0.05, 0) is 25.0 Å². The van der Waals surface area contributed by atoms with E-state index in [4.69, 9.17) is 0 Å². The molecule has 0 spiro atoms. The average Bonchev–Trinajstić information content (AvgIpc) is 2.25. The van der Waals surface area contributed by atoms with Gasteiger partial charge in [0.15, 0.2) is 5.78 Å². The number of aryl methyl sites for hydroxylation is 1. The molecule has 2 nitrogen and oxygen atoms in total. The molecule has 0 aromatic carbocycles. The monoisotopic (exact) mass is 205 g/mol. The highest BCUT2D eigenvalue weighted by Crippen LogP contribution is 2.15. The van der Waals surface area contributed by atoms with Crippen molar-refractivity contribution < 1.29 is 4.79 Å². The number of Topliss-reactive ketones (excluding diaryl/α,β-unsaturated/α-hetero) is 1. The molecule has 15 heavy (non-hydrogen) atoms. The van der Waals surface area contributed by atoms with Gasteiger partial charge >= 0.3 is 0 Å². The fraction of sp³-hybridized carbons (Fsp3) is 0.538. The Kier molecular flexibility index (Phi) is 4.47. The van der Waals surface area contributed by atoms with E-state index in [1.165, 1.54) is 0 Å². The fourth-order valence-corrected chi connectivity index (χ4v) is 1.64. The minimum Gasteiger partial charge on any atom is -0.292 e. The number of aromatic nitrogens is 1. The largest absolute Gasteiger partial charge is 0.292 e. The molecule has 0 aliphatic rings. The predicted octanol–water partition coefficient (Wildman–Crippen LogP) is 3.40. The number of hydrogen-bond acceptors (Lipinski definition) is 2. The molecule has 0 N–H and O–H groups in total. The van der Waals surface area contributed by atoms with Gasteiger partial charge in [-0.2, -0.15) is 0 Å². The van der Waals surface area contributed by atoms with E-state index < -0.39 is 0 Å². The zero-order valence-electron chi connectivity index (χ0n) is 9.79. The molecule has 0 atom stereocenters. The Morgan fingerprint density at radius 3 is 2.53 bits per heavy atom. The summed E-state index contributed by atoms with van der Waals surface area (Å²) in [6, 6.07) is 5.61. The van der Waals surface area contributed by atoms with Crippen LogP contribution in [-0.2, 0) is 0 Å². The second-order valence-corrected chi connectivity index (χ2v) is 3.97. The molecule has 2 heteroatoms. The first-order valence-electron chi connectivity index (χ1n) is 5.64. The first-order valence-corrected chi connectivity index (χ1v) is 5.64. The highest BCUT2D eigenvalue weighted by atomic mass is 16.1. The van der Waals surface area contributed by atoms with Crippen LogP contribution in [-0.4, -0.2) is 10.8 Å². The Hall–Kier alpha value is -1.18. The third-order valence-corrected chi connectivity index (χ3v) is 2.80. The van der Waals surface area contributed by atoms with Gasteiger partial charge in [0.2, 0.25) is 0 Å². The average molecular weight is 205 g/mol. The maximum absolute atomic E-state index is 11.9. The van der Waals surface area contributed by atoms with Gasteiger partial charge in [-0.25, -0.2) is 0 Å². The third-order valence-electron chi connectivity index (χ3n) is 2.80. The molecule has 1 aromatic heterocycles. The number of rotatable bonds is 5. The minimum atomic E-state index is 0.174. The van der Waals surface area contributed by atoms with Crippen molar-refractivity contribution in [2.45, 2.75) is 40.0 Å². The highest BCUT2D eigenvalue weighted by Gasteiger charge is 2.13. The highest BCUT2D eigenvalue weighted by molar-refractivity contribution is 5.94. The maximum Gasteiger partial charge on any atom is 0.181 e. The fourth-order valence-electron chi connectivity index (χ4n) is 1.64. The van der Waals surface area contributed by atoms with Gasteiger partial charge in [0.05, 0.1) is 0 Å². The van der Waals surface area contributed by atoms with Gasteiger partial charge < -0.3 is 0 Å². The van der Waals surface area contributed by atoms with Crippen LogP contribution in [0.4, 0.5) is 0 Å². The Labute approximate surface area is 91.7 Å². The van der Waals surface area contributed by atoms with Crippen molar-refractivity contribution in [3.63, 3.8) is 0 Å². The van der Waals surface area contributed by atoms with E-state index in [0.29, 0.717) is 18.0 Å². The molecule has 0 saturated carbocycles. The van der Waals surface area contributed by atoms with Gasteiger partial charge in [0.1, 0.15) is 5.69 Å². The van der Waals surface area contributed by atoms with Crippen LogP contribution in [0.5, 0.6) is 0 Å². The van der Waals surface area contributed by atoms with Crippen LogP contribution in [0, 0.1) is 12.8 Å². The van der Waals surface area contributed by atoms with Gasteiger partial charge in [-0.15, -0.1) is 0 Å². The van der Waals surface area contributed by atoms with Gasteiger partial charge in [0.25, 0.3) is 0 Å². The van der Waals surface area contributed by atoms with Crippen LogP contribution < -0.4 is 0 Å². The molecule has 0 radical (unpaired) electrons.